The van der Waals surface area contributed by atoms with E-state index in [0.717, 1.165) is 19.3 Å². The Hall–Kier alpha value is -1.12. The Labute approximate surface area is 193 Å². The highest BCUT2D eigenvalue weighted by atomic mass is 16.2. The first-order valence-corrected chi connectivity index (χ1v) is 13.6. The number of carbonyl (C=O) groups is 2. The molecule has 0 bridgehead atoms. The van der Waals surface area contributed by atoms with Crippen molar-refractivity contribution in [2.75, 3.05) is 0 Å². The second-order valence-corrected chi connectivity index (χ2v) is 9.65. The van der Waals surface area contributed by atoms with Crippen molar-refractivity contribution in [2.45, 2.75) is 155 Å². The van der Waals surface area contributed by atoms with Crippen molar-refractivity contribution in [3.05, 3.63) is 11.6 Å². The molecule has 2 amide bonds. The van der Waals surface area contributed by atoms with Gasteiger partial charge >= 0.3 is 0 Å². The molecule has 1 aliphatic heterocycles. The second-order valence-electron chi connectivity index (χ2n) is 9.65. The number of hydrogen-bond donors (Lipinski definition) is 0. The van der Waals surface area contributed by atoms with Gasteiger partial charge in [0.2, 0.25) is 11.8 Å². The van der Waals surface area contributed by atoms with Crippen LogP contribution in [0.25, 0.3) is 0 Å². The Kier molecular flexibility index (Phi) is 16.6. The summed E-state index contributed by atoms with van der Waals surface area (Å²) in [6.45, 7) is 6.65. The summed E-state index contributed by atoms with van der Waals surface area (Å²) in [6.07, 6.45) is 26.0. The number of hydrogen-bond acceptors (Lipinski definition) is 2. The minimum atomic E-state index is -0.00312. The molecule has 0 aromatic heterocycles. The summed E-state index contributed by atoms with van der Waals surface area (Å²) in [5.74, 6) is 0.0730. The van der Waals surface area contributed by atoms with Gasteiger partial charge in [-0.15, -0.1) is 0 Å². The molecule has 3 heteroatoms. The molecule has 3 nitrogen and oxygen atoms in total. The van der Waals surface area contributed by atoms with E-state index in [4.69, 9.17) is 0 Å². The van der Waals surface area contributed by atoms with Crippen LogP contribution in [0, 0.1) is 0 Å². The lowest BCUT2D eigenvalue weighted by Gasteiger charge is -2.27. The van der Waals surface area contributed by atoms with Gasteiger partial charge in [0, 0.05) is 12.8 Å². The van der Waals surface area contributed by atoms with E-state index >= 15 is 0 Å². The zero-order valence-corrected chi connectivity index (χ0v) is 21.1. The number of imide groups is 1. The summed E-state index contributed by atoms with van der Waals surface area (Å²) in [5, 5.41) is 0. The number of amides is 2. The smallest absolute Gasteiger partial charge is 0.230 e. The maximum absolute atomic E-state index is 12.4. The third-order valence-electron chi connectivity index (χ3n) is 6.78. The molecular weight excluding hydrogens is 382 g/mol. The van der Waals surface area contributed by atoms with E-state index in [9.17, 15) is 9.59 Å². The Morgan fingerprint density at radius 3 is 1.61 bits per heavy atom. The highest BCUT2D eigenvalue weighted by Crippen LogP contribution is 2.25. The van der Waals surface area contributed by atoms with Gasteiger partial charge < -0.3 is 0 Å². The summed E-state index contributed by atoms with van der Waals surface area (Å²) < 4.78 is 0. The van der Waals surface area contributed by atoms with Gasteiger partial charge in [-0.1, -0.05) is 122 Å². The fourth-order valence-electron chi connectivity index (χ4n) is 4.72. The summed E-state index contributed by atoms with van der Waals surface area (Å²) in [6, 6.07) is -0.00312. The predicted octanol–water partition coefficient (Wildman–Crippen LogP) is 8.51. The van der Waals surface area contributed by atoms with Crippen LogP contribution in [0.3, 0.4) is 0 Å². The Balaban J connectivity index is 2.37. The van der Waals surface area contributed by atoms with Crippen LogP contribution in [-0.4, -0.2) is 22.8 Å². The zero-order chi connectivity index (χ0) is 22.7. The van der Waals surface area contributed by atoms with Gasteiger partial charge in [-0.25, -0.2) is 0 Å². The molecule has 0 N–H and O–H groups in total. The Morgan fingerprint density at radius 2 is 1.13 bits per heavy atom. The van der Waals surface area contributed by atoms with Crippen LogP contribution in [-0.2, 0) is 9.59 Å². The van der Waals surface area contributed by atoms with Crippen molar-refractivity contribution in [2.24, 2.45) is 0 Å². The molecule has 0 spiro atoms. The van der Waals surface area contributed by atoms with E-state index in [1.54, 1.807) is 4.90 Å². The average molecular weight is 434 g/mol. The maximum Gasteiger partial charge on any atom is 0.230 e. The van der Waals surface area contributed by atoms with E-state index in [1.165, 1.54) is 102 Å². The molecule has 0 radical (unpaired) electrons. The highest BCUT2D eigenvalue weighted by molar-refractivity contribution is 6.02. The summed E-state index contributed by atoms with van der Waals surface area (Å²) in [4.78, 5) is 26.3. The van der Waals surface area contributed by atoms with Crippen molar-refractivity contribution < 1.29 is 9.59 Å². The van der Waals surface area contributed by atoms with Crippen molar-refractivity contribution in [3.8, 4) is 0 Å². The zero-order valence-electron chi connectivity index (χ0n) is 21.1. The van der Waals surface area contributed by atoms with Crippen molar-refractivity contribution in [1.82, 2.24) is 4.90 Å². The van der Waals surface area contributed by atoms with E-state index < -0.39 is 0 Å². The molecule has 0 aromatic carbocycles. The summed E-state index contributed by atoms with van der Waals surface area (Å²) in [7, 11) is 0. The average Bonchev–Trinajstić information content (AvgIpc) is 3.09. The molecule has 1 aliphatic rings. The van der Waals surface area contributed by atoms with Crippen LogP contribution in [0.4, 0.5) is 0 Å². The lowest BCUT2D eigenvalue weighted by molar-refractivity contribution is -0.140. The van der Waals surface area contributed by atoms with E-state index in [1.807, 2.05) is 0 Å². The fourth-order valence-corrected chi connectivity index (χ4v) is 4.72. The molecule has 31 heavy (non-hydrogen) atoms. The Morgan fingerprint density at radius 1 is 0.710 bits per heavy atom. The lowest BCUT2D eigenvalue weighted by Crippen LogP contribution is -2.40. The standard InChI is InChI=1S/C28H51NO2/c1-4-6-8-10-12-13-14-16-18-20-22-26(29-27(30)23-24-28(29)31)25(3)21-19-17-15-11-9-7-5-2/h21,26H,4-20,22-24H2,1-3H3. The molecule has 1 atom stereocenters. The molecule has 1 heterocycles. The maximum atomic E-state index is 12.4. The third kappa shape index (κ3) is 12.5. The minimum absolute atomic E-state index is 0.00312. The van der Waals surface area contributed by atoms with Crippen LogP contribution in [0.5, 0.6) is 0 Å². The fraction of sp³-hybridized carbons (Fsp3) is 0.857. The molecule has 0 saturated carbocycles. The SMILES string of the molecule is CCCCCCCCC=C(C)C(CCCCCCCCCCCC)N1C(=O)CCC1=O. The first-order valence-electron chi connectivity index (χ1n) is 13.6. The number of likely N-dealkylation sites (tertiary alicyclic amines) is 1. The van der Waals surface area contributed by atoms with Crippen LogP contribution >= 0.6 is 0 Å². The third-order valence-corrected chi connectivity index (χ3v) is 6.78. The van der Waals surface area contributed by atoms with Gasteiger partial charge in [0.15, 0.2) is 0 Å². The second kappa shape index (κ2) is 18.5. The molecule has 180 valence electrons. The largest absolute Gasteiger partial charge is 0.275 e. The number of nitrogens with zero attached hydrogens (tertiary/aromatic N) is 1. The van der Waals surface area contributed by atoms with Crippen LogP contribution in [0.15, 0.2) is 11.6 Å². The van der Waals surface area contributed by atoms with Crippen molar-refractivity contribution >= 4 is 11.8 Å². The Bertz CT molecular complexity index is 495. The molecule has 1 saturated heterocycles. The molecule has 1 rings (SSSR count). The molecule has 1 fully saturated rings. The van der Waals surface area contributed by atoms with Crippen LogP contribution < -0.4 is 0 Å². The van der Waals surface area contributed by atoms with Crippen LogP contribution in [0.1, 0.15) is 149 Å². The van der Waals surface area contributed by atoms with E-state index in [0.29, 0.717) is 12.8 Å². The summed E-state index contributed by atoms with van der Waals surface area (Å²) >= 11 is 0. The topological polar surface area (TPSA) is 37.4 Å². The van der Waals surface area contributed by atoms with Gasteiger partial charge in [0.1, 0.15) is 0 Å². The van der Waals surface area contributed by atoms with Crippen molar-refractivity contribution in [1.29, 1.82) is 0 Å². The number of unbranched alkanes of at least 4 members (excludes halogenated alkanes) is 15. The number of carbonyl (C=O) groups excluding carboxylic acids is 2. The first kappa shape index (κ1) is 27.9. The lowest BCUT2D eigenvalue weighted by atomic mass is 9.97. The van der Waals surface area contributed by atoms with Gasteiger partial charge in [0.05, 0.1) is 6.04 Å². The van der Waals surface area contributed by atoms with Crippen molar-refractivity contribution in [3.63, 3.8) is 0 Å². The first-order chi connectivity index (χ1) is 15.1. The monoisotopic (exact) mass is 433 g/mol. The normalized spacial score (nSPS) is 15.8. The van der Waals surface area contributed by atoms with Gasteiger partial charge in [0.25, 0.3) is 0 Å². The van der Waals surface area contributed by atoms with E-state index in [2.05, 4.69) is 26.8 Å². The predicted molar refractivity (Wildman–Crippen MR) is 133 cm³/mol. The number of rotatable bonds is 20. The van der Waals surface area contributed by atoms with Gasteiger partial charge in [-0.05, 0) is 26.2 Å². The molecular formula is C28H51NO2. The minimum Gasteiger partial charge on any atom is -0.275 e. The highest BCUT2D eigenvalue weighted by Gasteiger charge is 2.35. The van der Waals surface area contributed by atoms with Gasteiger partial charge in [-0.2, -0.15) is 0 Å². The molecule has 0 aromatic rings. The van der Waals surface area contributed by atoms with Crippen LogP contribution in [0.2, 0.25) is 0 Å². The quantitative estimate of drug-likeness (QED) is 0.110. The number of allylic oxidation sites excluding steroid dienone is 1. The molecule has 1 unspecified atom stereocenters. The molecule has 0 aliphatic carbocycles. The van der Waals surface area contributed by atoms with Gasteiger partial charge in [-0.3, -0.25) is 14.5 Å². The van der Waals surface area contributed by atoms with E-state index in [-0.39, 0.29) is 17.9 Å². The summed E-state index contributed by atoms with van der Waals surface area (Å²) in [5.41, 5.74) is 1.23.